The van der Waals surface area contributed by atoms with E-state index in [1.165, 1.54) is 0 Å². The number of rotatable bonds is 7. The molecule has 0 radical (unpaired) electrons. The number of nitrogens with two attached hydrogens (primary N) is 1. The van der Waals surface area contributed by atoms with Crippen molar-refractivity contribution in [3.8, 4) is 11.6 Å². The molecule has 7 nitrogen and oxygen atoms in total. The van der Waals surface area contributed by atoms with Crippen LogP contribution in [-0.2, 0) is 9.63 Å². The molecule has 0 bridgehead atoms. The number of aromatic nitrogens is 1. The Balaban J connectivity index is 1.62. The maximum Gasteiger partial charge on any atom is 0.265 e. The number of anilines is 1. The van der Waals surface area contributed by atoms with E-state index >= 15 is 0 Å². The van der Waals surface area contributed by atoms with Crippen LogP contribution < -0.4 is 15.8 Å². The van der Waals surface area contributed by atoms with E-state index in [1.807, 2.05) is 37.3 Å². The van der Waals surface area contributed by atoms with Crippen molar-refractivity contribution in [1.82, 2.24) is 4.98 Å². The van der Waals surface area contributed by atoms with Gasteiger partial charge in [-0.15, -0.1) is 0 Å². The summed E-state index contributed by atoms with van der Waals surface area (Å²) in [6, 6.07) is 18.2. The first kappa shape index (κ1) is 20.3. The van der Waals surface area contributed by atoms with Gasteiger partial charge < -0.3 is 20.6 Å². The number of benzene rings is 2. The lowest BCUT2D eigenvalue weighted by Crippen LogP contribution is -2.20. The SMILES string of the molecule is Cc1cc(Br)ccc1NC(=O)CO/N=C(/N)c1cccnc1Oc1ccccc1. The molecule has 1 amide bonds. The van der Waals surface area contributed by atoms with Crippen LogP contribution in [0.3, 0.4) is 0 Å². The molecular formula is C21H19BrN4O3. The topological polar surface area (TPSA) is 98.8 Å². The maximum absolute atomic E-state index is 12.1. The van der Waals surface area contributed by atoms with E-state index in [1.54, 1.807) is 36.5 Å². The molecule has 3 rings (SSSR count). The molecular weight excluding hydrogens is 436 g/mol. The molecule has 0 spiro atoms. The van der Waals surface area contributed by atoms with Crippen LogP contribution in [0, 0.1) is 6.92 Å². The molecule has 0 atom stereocenters. The van der Waals surface area contributed by atoms with E-state index in [0.717, 1.165) is 10.0 Å². The fraction of sp³-hybridized carbons (Fsp3) is 0.0952. The smallest absolute Gasteiger partial charge is 0.265 e. The van der Waals surface area contributed by atoms with E-state index in [2.05, 4.69) is 31.4 Å². The zero-order chi connectivity index (χ0) is 20.6. The Bertz CT molecular complexity index is 1030. The van der Waals surface area contributed by atoms with Crippen molar-refractivity contribution < 1.29 is 14.4 Å². The molecule has 0 fully saturated rings. The van der Waals surface area contributed by atoms with Crippen LogP contribution in [0.4, 0.5) is 5.69 Å². The zero-order valence-corrected chi connectivity index (χ0v) is 17.2. The molecule has 3 N–H and O–H groups in total. The Labute approximate surface area is 176 Å². The predicted octanol–water partition coefficient (Wildman–Crippen LogP) is 4.22. The average Bonchev–Trinajstić information content (AvgIpc) is 2.71. The van der Waals surface area contributed by atoms with E-state index in [4.69, 9.17) is 15.3 Å². The number of pyridine rings is 1. The second-order valence-electron chi connectivity index (χ2n) is 6.03. The summed E-state index contributed by atoms with van der Waals surface area (Å²) in [5, 5.41) is 6.58. The Morgan fingerprint density at radius 1 is 1.17 bits per heavy atom. The summed E-state index contributed by atoms with van der Waals surface area (Å²) < 4.78 is 6.69. The third-order valence-corrected chi connectivity index (χ3v) is 4.32. The van der Waals surface area contributed by atoms with Crippen LogP contribution in [0.1, 0.15) is 11.1 Å². The number of hydrogen-bond donors (Lipinski definition) is 2. The van der Waals surface area contributed by atoms with Gasteiger partial charge in [-0.3, -0.25) is 4.79 Å². The lowest BCUT2D eigenvalue weighted by molar-refractivity contribution is -0.120. The monoisotopic (exact) mass is 454 g/mol. The highest BCUT2D eigenvalue weighted by Crippen LogP contribution is 2.22. The number of amides is 1. The van der Waals surface area contributed by atoms with E-state index in [0.29, 0.717) is 22.9 Å². The van der Waals surface area contributed by atoms with Crippen molar-refractivity contribution in [3.05, 3.63) is 82.5 Å². The van der Waals surface area contributed by atoms with Gasteiger partial charge in [0.2, 0.25) is 5.88 Å². The van der Waals surface area contributed by atoms with Gasteiger partial charge in [-0.1, -0.05) is 39.3 Å². The molecule has 148 valence electrons. The van der Waals surface area contributed by atoms with Crippen LogP contribution in [0.2, 0.25) is 0 Å². The summed E-state index contributed by atoms with van der Waals surface area (Å²) in [6.45, 7) is 1.61. The van der Waals surface area contributed by atoms with Crippen LogP contribution in [0.25, 0.3) is 0 Å². The quantitative estimate of drug-likeness (QED) is 0.316. The number of carbonyl (C=O) groups is 1. The average molecular weight is 455 g/mol. The molecule has 0 saturated heterocycles. The summed E-state index contributed by atoms with van der Waals surface area (Å²) in [5.41, 5.74) is 8.08. The normalized spacial score (nSPS) is 11.0. The fourth-order valence-electron chi connectivity index (χ4n) is 2.43. The van der Waals surface area contributed by atoms with Gasteiger partial charge in [0.05, 0.1) is 5.56 Å². The molecule has 2 aromatic carbocycles. The van der Waals surface area contributed by atoms with E-state index < -0.39 is 0 Å². The molecule has 0 saturated carbocycles. The maximum atomic E-state index is 12.1. The molecule has 0 aliphatic heterocycles. The second-order valence-corrected chi connectivity index (χ2v) is 6.94. The molecule has 1 heterocycles. The Hall–Kier alpha value is -3.39. The second kappa shape index (κ2) is 9.70. The van der Waals surface area contributed by atoms with E-state index in [9.17, 15) is 4.79 Å². The third-order valence-electron chi connectivity index (χ3n) is 3.83. The highest BCUT2D eigenvalue weighted by molar-refractivity contribution is 9.10. The number of nitrogens with zero attached hydrogens (tertiary/aromatic N) is 2. The molecule has 0 aliphatic carbocycles. The van der Waals surface area contributed by atoms with Gasteiger partial charge in [0.15, 0.2) is 12.4 Å². The highest BCUT2D eigenvalue weighted by Gasteiger charge is 2.11. The number of nitrogens with one attached hydrogen (secondary N) is 1. The van der Waals surface area contributed by atoms with Gasteiger partial charge in [-0.2, -0.15) is 0 Å². The highest BCUT2D eigenvalue weighted by atomic mass is 79.9. The molecule has 3 aromatic rings. The molecule has 0 aliphatic rings. The lowest BCUT2D eigenvalue weighted by Gasteiger charge is -2.10. The first-order valence-electron chi connectivity index (χ1n) is 8.72. The number of aryl methyl sites for hydroxylation is 1. The number of carbonyl (C=O) groups excluding carboxylic acids is 1. The van der Waals surface area contributed by atoms with Crippen LogP contribution in [-0.4, -0.2) is 23.3 Å². The molecule has 0 unspecified atom stereocenters. The largest absolute Gasteiger partial charge is 0.438 e. The summed E-state index contributed by atoms with van der Waals surface area (Å²) in [5.74, 6) is 0.611. The summed E-state index contributed by atoms with van der Waals surface area (Å²) in [6.07, 6.45) is 1.59. The Kier molecular flexibility index (Phi) is 6.80. The van der Waals surface area contributed by atoms with Crippen molar-refractivity contribution in [2.75, 3.05) is 11.9 Å². The summed E-state index contributed by atoms with van der Waals surface area (Å²) in [7, 11) is 0. The van der Waals surface area contributed by atoms with Gasteiger partial charge in [0.25, 0.3) is 5.91 Å². The lowest BCUT2D eigenvalue weighted by atomic mass is 10.2. The fourth-order valence-corrected chi connectivity index (χ4v) is 2.91. The molecule has 29 heavy (non-hydrogen) atoms. The van der Waals surface area contributed by atoms with Crippen molar-refractivity contribution in [1.29, 1.82) is 0 Å². The Morgan fingerprint density at radius 3 is 2.72 bits per heavy atom. The zero-order valence-electron chi connectivity index (χ0n) is 15.6. The number of amidine groups is 1. The van der Waals surface area contributed by atoms with Gasteiger partial charge in [-0.05, 0) is 55.0 Å². The number of ether oxygens (including phenoxy) is 1. The molecule has 1 aromatic heterocycles. The van der Waals surface area contributed by atoms with Crippen LogP contribution in [0.15, 0.2) is 76.5 Å². The van der Waals surface area contributed by atoms with Gasteiger partial charge in [0.1, 0.15) is 5.75 Å². The van der Waals surface area contributed by atoms with Crippen LogP contribution in [0.5, 0.6) is 11.6 Å². The number of para-hydroxylation sites is 1. The first-order chi connectivity index (χ1) is 14.0. The van der Waals surface area contributed by atoms with Crippen molar-refractivity contribution in [2.45, 2.75) is 6.92 Å². The number of hydrogen-bond acceptors (Lipinski definition) is 5. The minimum atomic E-state index is -0.348. The number of halogens is 1. The predicted molar refractivity (Wildman–Crippen MR) is 115 cm³/mol. The van der Waals surface area contributed by atoms with Crippen LogP contribution >= 0.6 is 15.9 Å². The number of oxime groups is 1. The van der Waals surface area contributed by atoms with Crippen molar-refractivity contribution >= 4 is 33.4 Å². The van der Waals surface area contributed by atoms with E-state index in [-0.39, 0.29) is 18.3 Å². The van der Waals surface area contributed by atoms with Gasteiger partial charge in [0, 0.05) is 16.4 Å². The Morgan fingerprint density at radius 2 is 1.97 bits per heavy atom. The first-order valence-corrected chi connectivity index (χ1v) is 9.52. The molecule has 8 heteroatoms. The summed E-state index contributed by atoms with van der Waals surface area (Å²) in [4.78, 5) is 21.4. The minimum Gasteiger partial charge on any atom is -0.438 e. The summed E-state index contributed by atoms with van der Waals surface area (Å²) >= 11 is 3.38. The minimum absolute atomic E-state index is 0.0525. The standard InChI is InChI=1S/C21H19BrN4O3/c1-14-12-15(22)9-10-18(14)25-19(27)13-28-26-20(23)17-8-5-11-24-21(17)29-16-6-3-2-4-7-16/h2-12H,13H2,1H3,(H2,23,26)(H,25,27). The van der Waals surface area contributed by atoms with Crippen molar-refractivity contribution in [2.24, 2.45) is 10.9 Å². The van der Waals surface area contributed by atoms with Gasteiger partial charge in [-0.25, -0.2) is 4.98 Å². The van der Waals surface area contributed by atoms with Crippen molar-refractivity contribution in [3.63, 3.8) is 0 Å². The van der Waals surface area contributed by atoms with Gasteiger partial charge >= 0.3 is 0 Å². The third kappa shape index (κ3) is 5.79.